The molecule has 0 radical (unpaired) electrons. The molecule has 1 N–H and O–H groups in total. The maximum atomic E-state index is 4.60. The smallest absolute Gasteiger partial charge is 0.0547 e. The van der Waals surface area contributed by atoms with E-state index in [1.54, 1.807) is 0 Å². The van der Waals surface area contributed by atoms with Gasteiger partial charge in [-0.1, -0.05) is 6.07 Å². The fraction of sp³-hybridized carbons (Fsp3) is 0.643. The van der Waals surface area contributed by atoms with Gasteiger partial charge in [0.25, 0.3) is 0 Å². The van der Waals surface area contributed by atoms with Crippen molar-refractivity contribution in [3.63, 3.8) is 0 Å². The summed E-state index contributed by atoms with van der Waals surface area (Å²) in [6.45, 7) is 12.0. The molecule has 2 heterocycles. The van der Waals surface area contributed by atoms with Crippen LogP contribution in [0.1, 0.15) is 32.2 Å². The lowest BCUT2D eigenvalue weighted by Crippen LogP contribution is -2.60. The Kier molecular flexibility index (Phi) is 3.50. The van der Waals surface area contributed by atoms with Crippen molar-refractivity contribution in [1.82, 2.24) is 15.2 Å². The molecule has 0 amide bonds. The zero-order valence-corrected chi connectivity index (χ0v) is 11.3. The van der Waals surface area contributed by atoms with Crippen LogP contribution >= 0.6 is 0 Å². The molecule has 2 rings (SSSR count). The van der Waals surface area contributed by atoms with Crippen molar-refractivity contribution in [2.24, 2.45) is 0 Å². The third-order valence-corrected chi connectivity index (χ3v) is 3.53. The molecule has 1 atom stereocenters. The first-order chi connectivity index (χ1) is 7.97. The highest BCUT2D eigenvalue weighted by atomic mass is 15.3. The van der Waals surface area contributed by atoms with Crippen molar-refractivity contribution in [2.75, 3.05) is 13.1 Å². The minimum Gasteiger partial charge on any atom is -0.311 e. The fourth-order valence-electron chi connectivity index (χ4n) is 2.34. The highest BCUT2D eigenvalue weighted by molar-refractivity contribution is 5.10. The van der Waals surface area contributed by atoms with Crippen LogP contribution < -0.4 is 5.32 Å². The van der Waals surface area contributed by atoms with Crippen LogP contribution in [-0.4, -0.2) is 34.6 Å². The van der Waals surface area contributed by atoms with E-state index in [1.807, 2.05) is 0 Å². The van der Waals surface area contributed by atoms with E-state index in [9.17, 15) is 0 Å². The van der Waals surface area contributed by atoms with Gasteiger partial charge in [-0.2, -0.15) is 0 Å². The van der Waals surface area contributed by atoms with Crippen LogP contribution in [0.2, 0.25) is 0 Å². The normalized spacial score (nSPS) is 24.8. The van der Waals surface area contributed by atoms with Crippen LogP contribution in [-0.2, 0) is 6.54 Å². The zero-order chi connectivity index (χ0) is 12.5. The van der Waals surface area contributed by atoms with Gasteiger partial charge in [0, 0.05) is 36.9 Å². The fourth-order valence-corrected chi connectivity index (χ4v) is 2.34. The van der Waals surface area contributed by atoms with Gasteiger partial charge in [0.2, 0.25) is 0 Å². The van der Waals surface area contributed by atoms with Gasteiger partial charge in [-0.3, -0.25) is 9.88 Å². The minimum absolute atomic E-state index is 0.206. The average molecular weight is 233 g/mol. The first kappa shape index (κ1) is 12.5. The molecule has 1 saturated heterocycles. The molecule has 0 aromatic carbocycles. The summed E-state index contributed by atoms with van der Waals surface area (Å²) < 4.78 is 0. The summed E-state index contributed by atoms with van der Waals surface area (Å²) >= 11 is 0. The number of piperazine rings is 1. The van der Waals surface area contributed by atoms with E-state index >= 15 is 0 Å². The molecule has 1 aliphatic rings. The van der Waals surface area contributed by atoms with E-state index < -0.39 is 0 Å². The quantitative estimate of drug-likeness (QED) is 0.846. The van der Waals surface area contributed by atoms with Crippen LogP contribution in [0.3, 0.4) is 0 Å². The van der Waals surface area contributed by atoms with E-state index in [2.05, 4.69) is 61.1 Å². The second kappa shape index (κ2) is 4.75. The number of nitrogens with one attached hydrogen (secondary N) is 1. The summed E-state index contributed by atoms with van der Waals surface area (Å²) in [5.41, 5.74) is 2.48. The lowest BCUT2D eigenvalue weighted by Gasteiger charge is -2.45. The molecule has 3 nitrogen and oxygen atoms in total. The Hall–Kier alpha value is -0.930. The summed E-state index contributed by atoms with van der Waals surface area (Å²) in [5, 5.41) is 3.54. The van der Waals surface area contributed by atoms with Gasteiger partial charge in [0.1, 0.15) is 0 Å². The molecule has 1 aliphatic heterocycles. The molecule has 1 aromatic rings. The third-order valence-electron chi connectivity index (χ3n) is 3.53. The average Bonchev–Trinajstić information content (AvgIpc) is 2.24. The second-order valence-electron chi connectivity index (χ2n) is 5.75. The number of aromatic nitrogens is 1. The van der Waals surface area contributed by atoms with Gasteiger partial charge in [-0.15, -0.1) is 0 Å². The van der Waals surface area contributed by atoms with Gasteiger partial charge in [-0.05, 0) is 39.8 Å². The van der Waals surface area contributed by atoms with E-state index in [1.165, 1.54) is 5.69 Å². The van der Waals surface area contributed by atoms with Gasteiger partial charge in [0.05, 0.1) is 5.69 Å². The summed E-state index contributed by atoms with van der Waals surface area (Å²) in [6, 6.07) is 6.83. The molecule has 3 heteroatoms. The first-order valence-electron chi connectivity index (χ1n) is 6.38. The van der Waals surface area contributed by atoms with Crippen molar-refractivity contribution >= 4 is 0 Å². The largest absolute Gasteiger partial charge is 0.311 e. The first-order valence-corrected chi connectivity index (χ1v) is 6.38. The van der Waals surface area contributed by atoms with Crippen LogP contribution in [0, 0.1) is 6.92 Å². The van der Waals surface area contributed by atoms with Crippen molar-refractivity contribution in [3.8, 4) is 0 Å². The number of hydrogen-bond donors (Lipinski definition) is 1. The van der Waals surface area contributed by atoms with Crippen LogP contribution in [0.15, 0.2) is 18.2 Å². The Bertz CT molecular complexity index is 387. The van der Waals surface area contributed by atoms with Crippen LogP contribution in [0.25, 0.3) is 0 Å². The number of pyridine rings is 1. The molecule has 0 bridgehead atoms. The Morgan fingerprint density at radius 2 is 2.24 bits per heavy atom. The van der Waals surface area contributed by atoms with Gasteiger partial charge in [0.15, 0.2) is 0 Å². The van der Waals surface area contributed by atoms with Gasteiger partial charge in [-0.25, -0.2) is 0 Å². The van der Waals surface area contributed by atoms with Crippen molar-refractivity contribution < 1.29 is 0 Å². The van der Waals surface area contributed by atoms with E-state index in [0.717, 1.165) is 25.3 Å². The number of rotatable bonds is 2. The number of hydrogen-bond acceptors (Lipinski definition) is 3. The van der Waals surface area contributed by atoms with E-state index in [0.29, 0.717) is 6.04 Å². The molecule has 17 heavy (non-hydrogen) atoms. The maximum absolute atomic E-state index is 4.60. The SMILES string of the molecule is Cc1cccc(CN2CC(C)NCC2(C)C)n1. The topological polar surface area (TPSA) is 28.2 Å². The Morgan fingerprint density at radius 3 is 2.94 bits per heavy atom. The Balaban J connectivity index is 2.11. The second-order valence-corrected chi connectivity index (χ2v) is 5.75. The summed E-state index contributed by atoms with van der Waals surface area (Å²) in [5.74, 6) is 0. The third kappa shape index (κ3) is 3.05. The highest BCUT2D eigenvalue weighted by Gasteiger charge is 2.32. The van der Waals surface area contributed by atoms with Gasteiger partial charge < -0.3 is 5.32 Å². The molecule has 0 spiro atoms. The lowest BCUT2D eigenvalue weighted by molar-refractivity contribution is 0.0614. The number of aryl methyl sites for hydroxylation is 1. The maximum Gasteiger partial charge on any atom is 0.0547 e. The van der Waals surface area contributed by atoms with Crippen LogP contribution in [0.5, 0.6) is 0 Å². The Morgan fingerprint density at radius 1 is 1.47 bits per heavy atom. The predicted octanol–water partition coefficient (Wildman–Crippen LogP) is 1.96. The van der Waals surface area contributed by atoms with E-state index in [4.69, 9.17) is 0 Å². The molecular formula is C14H23N3. The predicted molar refractivity (Wildman–Crippen MR) is 70.9 cm³/mol. The van der Waals surface area contributed by atoms with E-state index in [-0.39, 0.29) is 5.54 Å². The molecule has 1 aromatic heterocycles. The molecule has 0 aliphatic carbocycles. The van der Waals surface area contributed by atoms with Crippen molar-refractivity contribution in [2.45, 2.75) is 45.8 Å². The lowest BCUT2D eigenvalue weighted by atomic mass is 9.97. The molecule has 94 valence electrons. The zero-order valence-electron chi connectivity index (χ0n) is 11.3. The van der Waals surface area contributed by atoms with Crippen LogP contribution in [0.4, 0.5) is 0 Å². The van der Waals surface area contributed by atoms with Gasteiger partial charge >= 0.3 is 0 Å². The molecule has 0 saturated carbocycles. The molecular weight excluding hydrogens is 210 g/mol. The molecule has 1 fully saturated rings. The standard InChI is InChI=1S/C14H23N3/c1-11-6-5-7-13(16-11)9-17-8-12(2)15-10-14(17,3)4/h5-7,12,15H,8-10H2,1-4H3. The summed E-state index contributed by atoms with van der Waals surface area (Å²) in [4.78, 5) is 7.12. The van der Waals surface area contributed by atoms with Crippen molar-refractivity contribution in [1.29, 1.82) is 0 Å². The summed E-state index contributed by atoms with van der Waals surface area (Å²) in [6.07, 6.45) is 0. The Labute approximate surface area is 104 Å². The highest BCUT2D eigenvalue weighted by Crippen LogP contribution is 2.20. The summed E-state index contributed by atoms with van der Waals surface area (Å²) in [7, 11) is 0. The molecule has 1 unspecified atom stereocenters. The monoisotopic (exact) mass is 233 g/mol. The number of nitrogens with zero attached hydrogens (tertiary/aromatic N) is 2. The van der Waals surface area contributed by atoms with Crippen molar-refractivity contribution in [3.05, 3.63) is 29.6 Å². The minimum atomic E-state index is 0.206.